The van der Waals surface area contributed by atoms with Crippen molar-refractivity contribution >= 4 is 11.8 Å². The van der Waals surface area contributed by atoms with Crippen LogP contribution in [0.1, 0.15) is 58.8 Å². The molecule has 0 saturated heterocycles. The lowest BCUT2D eigenvalue weighted by Gasteiger charge is -2.02. The fourth-order valence-electron chi connectivity index (χ4n) is 1.30. The monoisotopic (exact) mass is 240 g/mol. The molecule has 0 atom stereocenters. The Hall–Kier alpha value is -1.12. The van der Waals surface area contributed by atoms with Gasteiger partial charge in [-0.15, -0.1) is 0 Å². The summed E-state index contributed by atoms with van der Waals surface area (Å²) in [6.07, 6.45) is 8.79. The Morgan fingerprint density at radius 1 is 1.06 bits per heavy atom. The van der Waals surface area contributed by atoms with E-state index in [0.29, 0.717) is 19.4 Å². The van der Waals surface area contributed by atoms with E-state index in [1.807, 2.05) is 19.1 Å². The minimum atomic E-state index is -0.254. The maximum Gasteiger partial charge on any atom is 0.306 e. The van der Waals surface area contributed by atoms with Crippen molar-refractivity contribution in [3.05, 3.63) is 12.2 Å². The molecule has 17 heavy (non-hydrogen) atoms. The first-order valence-electron chi connectivity index (χ1n) is 6.53. The van der Waals surface area contributed by atoms with Crippen LogP contribution in [-0.2, 0) is 14.3 Å². The first-order chi connectivity index (χ1) is 8.20. The summed E-state index contributed by atoms with van der Waals surface area (Å²) >= 11 is 0. The fourth-order valence-corrected chi connectivity index (χ4v) is 1.30. The predicted octanol–water partition coefficient (Wildman–Crippen LogP) is 3.43. The van der Waals surface area contributed by atoms with E-state index in [4.69, 9.17) is 4.74 Å². The third-order valence-electron chi connectivity index (χ3n) is 2.36. The van der Waals surface area contributed by atoms with Gasteiger partial charge in [-0.25, -0.2) is 0 Å². The largest absolute Gasteiger partial charge is 0.466 e. The third kappa shape index (κ3) is 11.1. The zero-order valence-corrected chi connectivity index (χ0v) is 11.0. The molecule has 3 nitrogen and oxygen atoms in total. The molecule has 0 aromatic heterocycles. The molecule has 0 unspecified atom stereocenters. The van der Waals surface area contributed by atoms with Crippen LogP contribution in [0.3, 0.4) is 0 Å². The Morgan fingerprint density at radius 2 is 1.82 bits per heavy atom. The zero-order valence-electron chi connectivity index (χ0n) is 11.0. The second kappa shape index (κ2) is 11.4. The number of ether oxygens (including phenoxy) is 1. The molecule has 98 valence electrons. The summed E-state index contributed by atoms with van der Waals surface area (Å²) in [6.45, 7) is 4.58. The molecule has 0 amide bonds. The number of carbonyl (C=O) groups is 2. The zero-order chi connectivity index (χ0) is 12.9. The van der Waals surface area contributed by atoms with Crippen LogP contribution in [0.25, 0.3) is 0 Å². The number of rotatable bonds is 10. The summed E-state index contributed by atoms with van der Waals surface area (Å²) in [5.41, 5.74) is 0. The molecule has 0 N–H and O–H groups in total. The van der Waals surface area contributed by atoms with E-state index in [1.54, 1.807) is 0 Å². The van der Waals surface area contributed by atoms with Crippen LogP contribution in [0.5, 0.6) is 0 Å². The molecule has 0 saturated carbocycles. The van der Waals surface area contributed by atoms with Gasteiger partial charge in [-0.3, -0.25) is 9.59 Å². The molecule has 3 heteroatoms. The topological polar surface area (TPSA) is 43.4 Å². The van der Waals surface area contributed by atoms with Crippen molar-refractivity contribution < 1.29 is 14.3 Å². The SMILES string of the molecule is CC/C=C\CCC(=O)CCC(=O)OCCCC. The molecular weight excluding hydrogens is 216 g/mol. The van der Waals surface area contributed by atoms with Crippen LogP contribution in [0.2, 0.25) is 0 Å². The van der Waals surface area contributed by atoms with E-state index in [1.165, 1.54) is 0 Å². The molecule has 0 aromatic rings. The predicted molar refractivity (Wildman–Crippen MR) is 68.8 cm³/mol. The summed E-state index contributed by atoms with van der Waals surface area (Å²) in [5.74, 6) is -0.117. The van der Waals surface area contributed by atoms with Gasteiger partial charge in [0.15, 0.2) is 0 Å². The summed E-state index contributed by atoms with van der Waals surface area (Å²) < 4.78 is 4.97. The van der Waals surface area contributed by atoms with E-state index >= 15 is 0 Å². The summed E-state index contributed by atoms with van der Waals surface area (Å²) in [6, 6.07) is 0. The number of ketones is 1. The molecule has 0 aliphatic carbocycles. The highest BCUT2D eigenvalue weighted by Gasteiger charge is 2.07. The highest BCUT2D eigenvalue weighted by atomic mass is 16.5. The van der Waals surface area contributed by atoms with Crippen LogP contribution in [0, 0.1) is 0 Å². The number of hydrogen-bond acceptors (Lipinski definition) is 3. The number of carbonyl (C=O) groups excluding carboxylic acids is 2. The van der Waals surface area contributed by atoms with Gasteiger partial charge in [0.25, 0.3) is 0 Å². The summed E-state index contributed by atoms with van der Waals surface area (Å²) in [7, 11) is 0. The number of allylic oxidation sites excluding steroid dienone is 2. The van der Waals surface area contributed by atoms with Gasteiger partial charge in [0.2, 0.25) is 0 Å². The van der Waals surface area contributed by atoms with Gasteiger partial charge in [0.1, 0.15) is 5.78 Å². The van der Waals surface area contributed by atoms with Crippen molar-refractivity contribution in [2.45, 2.75) is 58.8 Å². The Bertz CT molecular complexity index is 244. The second-order valence-corrected chi connectivity index (χ2v) is 4.03. The van der Waals surface area contributed by atoms with Gasteiger partial charge >= 0.3 is 5.97 Å². The van der Waals surface area contributed by atoms with Crippen molar-refractivity contribution in [3.63, 3.8) is 0 Å². The molecule has 0 radical (unpaired) electrons. The van der Waals surface area contributed by atoms with Gasteiger partial charge in [0.05, 0.1) is 13.0 Å². The molecule has 0 aliphatic heterocycles. The van der Waals surface area contributed by atoms with Crippen LogP contribution < -0.4 is 0 Å². The Morgan fingerprint density at radius 3 is 2.47 bits per heavy atom. The second-order valence-electron chi connectivity index (χ2n) is 4.03. The smallest absolute Gasteiger partial charge is 0.306 e. The van der Waals surface area contributed by atoms with Crippen molar-refractivity contribution in [1.82, 2.24) is 0 Å². The normalized spacial score (nSPS) is 10.7. The highest BCUT2D eigenvalue weighted by molar-refractivity contribution is 5.82. The van der Waals surface area contributed by atoms with E-state index < -0.39 is 0 Å². The first-order valence-corrected chi connectivity index (χ1v) is 6.53. The third-order valence-corrected chi connectivity index (χ3v) is 2.36. The average Bonchev–Trinajstić information content (AvgIpc) is 2.32. The van der Waals surface area contributed by atoms with Crippen LogP contribution in [0.4, 0.5) is 0 Å². The van der Waals surface area contributed by atoms with Crippen molar-refractivity contribution in [1.29, 1.82) is 0 Å². The Labute approximate surface area is 104 Å². The maximum atomic E-state index is 11.4. The van der Waals surface area contributed by atoms with Crippen molar-refractivity contribution in [2.75, 3.05) is 6.61 Å². The minimum Gasteiger partial charge on any atom is -0.466 e. The average molecular weight is 240 g/mol. The van der Waals surface area contributed by atoms with Gasteiger partial charge in [-0.2, -0.15) is 0 Å². The molecule has 0 fully saturated rings. The van der Waals surface area contributed by atoms with Crippen molar-refractivity contribution in [3.8, 4) is 0 Å². The molecule has 0 aliphatic rings. The maximum absolute atomic E-state index is 11.4. The van der Waals surface area contributed by atoms with Crippen LogP contribution >= 0.6 is 0 Å². The Balaban J connectivity index is 3.48. The lowest BCUT2D eigenvalue weighted by atomic mass is 10.1. The van der Waals surface area contributed by atoms with E-state index in [9.17, 15) is 9.59 Å². The molecule has 0 heterocycles. The van der Waals surface area contributed by atoms with Gasteiger partial charge in [0, 0.05) is 12.8 Å². The fraction of sp³-hybridized carbons (Fsp3) is 0.714. The van der Waals surface area contributed by atoms with Crippen LogP contribution in [0.15, 0.2) is 12.2 Å². The van der Waals surface area contributed by atoms with E-state index in [0.717, 1.165) is 25.7 Å². The van der Waals surface area contributed by atoms with Crippen LogP contribution in [-0.4, -0.2) is 18.4 Å². The highest BCUT2D eigenvalue weighted by Crippen LogP contribution is 2.02. The molecule has 0 bridgehead atoms. The quantitative estimate of drug-likeness (QED) is 0.334. The number of unbranched alkanes of at least 4 members (excludes halogenated alkanes) is 1. The first kappa shape index (κ1) is 15.9. The van der Waals surface area contributed by atoms with E-state index in [2.05, 4.69) is 6.92 Å². The van der Waals surface area contributed by atoms with Gasteiger partial charge < -0.3 is 4.74 Å². The van der Waals surface area contributed by atoms with Gasteiger partial charge in [-0.1, -0.05) is 32.4 Å². The molecular formula is C14H24O3. The number of hydrogen-bond donors (Lipinski definition) is 0. The minimum absolute atomic E-state index is 0.137. The lowest BCUT2D eigenvalue weighted by molar-refractivity contribution is -0.144. The Kier molecular flexibility index (Phi) is 10.6. The number of Topliss-reactive ketones (excluding diaryl/α,β-unsaturated/α-hetero) is 1. The molecule has 0 rings (SSSR count). The molecule has 0 aromatic carbocycles. The standard InChI is InChI=1S/C14H24O3/c1-3-5-7-8-9-13(15)10-11-14(16)17-12-6-4-2/h5,7H,3-4,6,8-12H2,1-2H3/b7-5-. The van der Waals surface area contributed by atoms with E-state index in [-0.39, 0.29) is 18.2 Å². The lowest BCUT2D eigenvalue weighted by Crippen LogP contribution is -2.08. The molecule has 0 spiro atoms. The summed E-state index contributed by atoms with van der Waals surface area (Å²) in [5, 5.41) is 0. The number of esters is 1. The van der Waals surface area contributed by atoms with Crippen molar-refractivity contribution in [2.24, 2.45) is 0 Å². The summed E-state index contributed by atoms with van der Waals surface area (Å²) in [4.78, 5) is 22.6. The van der Waals surface area contributed by atoms with Gasteiger partial charge in [-0.05, 0) is 19.3 Å².